The maximum atomic E-state index is 13.6. The van der Waals surface area contributed by atoms with Crippen molar-refractivity contribution in [1.82, 2.24) is 9.88 Å². The van der Waals surface area contributed by atoms with Gasteiger partial charge in [0, 0.05) is 38.8 Å². The first-order valence-electron chi connectivity index (χ1n) is 11.3. The number of hydrogen-bond acceptors (Lipinski definition) is 6. The minimum atomic E-state index is -0.0819. The molecule has 0 radical (unpaired) electrons. The molecule has 0 N–H and O–H groups in total. The quantitative estimate of drug-likeness (QED) is 0.212. The van der Waals surface area contributed by atoms with E-state index in [4.69, 9.17) is 21.1 Å². The lowest BCUT2D eigenvalue weighted by atomic mass is 9.98. The fourth-order valence-electron chi connectivity index (χ4n) is 4.29. The van der Waals surface area contributed by atoms with Crippen LogP contribution in [0.5, 0.6) is 11.5 Å². The summed E-state index contributed by atoms with van der Waals surface area (Å²) < 4.78 is 12.4. The smallest absolute Gasteiger partial charge is 0.196 e. The second kappa shape index (κ2) is 10.1. The minimum Gasteiger partial charge on any atom is -0.497 e. The van der Waals surface area contributed by atoms with E-state index in [9.17, 15) is 4.79 Å². The molecule has 5 nitrogen and oxygen atoms in total. The Hall–Kier alpha value is -2.93. The zero-order chi connectivity index (χ0) is 23.5. The summed E-state index contributed by atoms with van der Waals surface area (Å²) in [4.78, 5) is 21.0. The van der Waals surface area contributed by atoms with E-state index in [-0.39, 0.29) is 5.78 Å². The van der Waals surface area contributed by atoms with Crippen LogP contribution >= 0.6 is 22.9 Å². The normalized spacial score (nSPS) is 13.9. The monoisotopic (exact) mass is 492 g/mol. The van der Waals surface area contributed by atoms with Crippen LogP contribution in [0.2, 0.25) is 5.15 Å². The molecule has 7 heteroatoms. The molecule has 1 fully saturated rings. The molecule has 34 heavy (non-hydrogen) atoms. The molecule has 0 aliphatic carbocycles. The number of methoxy groups -OCH3 is 1. The van der Waals surface area contributed by atoms with Gasteiger partial charge in [0.25, 0.3) is 0 Å². The molecular weight excluding hydrogens is 468 g/mol. The number of likely N-dealkylation sites (tertiary alicyclic amines) is 1. The number of fused-ring (bicyclic) bond motifs is 1. The SMILES string of the molecule is COc1ccc2c(C(=O)c3ccc(Cl)nc3)c(-c3ccc(OCCN4CCCC4)cc3)sc2c1. The van der Waals surface area contributed by atoms with E-state index < -0.39 is 0 Å². The molecule has 0 spiro atoms. The highest BCUT2D eigenvalue weighted by Gasteiger charge is 2.22. The number of benzene rings is 2. The van der Waals surface area contributed by atoms with Crippen molar-refractivity contribution in [2.24, 2.45) is 0 Å². The van der Waals surface area contributed by atoms with E-state index in [1.54, 1.807) is 30.6 Å². The Morgan fingerprint density at radius 1 is 1.06 bits per heavy atom. The van der Waals surface area contributed by atoms with Gasteiger partial charge in [0.2, 0.25) is 0 Å². The molecule has 1 saturated heterocycles. The Labute approximate surface area is 207 Å². The largest absolute Gasteiger partial charge is 0.497 e. The molecule has 0 atom stereocenters. The van der Waals surface area contributed by atoms with E-state index in [1.165, 1.54) is 32.1 Å². The number of carbonyl (C=O) groups is 1. The van der Waals surface area contributed by atoms with Crippen LogP contribution in [0.1, 0.15) is 28.8 Å². The summed E-state index contributed by atoms with van der Waals surface area (Å²) in [7, 11) is 1.64. The highest BCUT2D eigenvalue weighted by atomic mass is 35.5. The average molecular weight is 493 g/mol. The molecule has 174 valence electrons. The summed E-state index contributed by atoms with van der Waals surface area (Å²) in [5.41, 5.74) is 2.13. The summed E-state index contributed by atoms with van der Waals surface area (Å²) in [5, 5.41) is 1.25. The number of halogens is 1. The minimum absolute atomic E-state index is 0.0819. The van der Waals surface area contributed by atoms with E-state index in [0.29, 0.717) is 22.9 Å². The number of hydrogen-bond donors (Lipinski definition) is 0. The van der Waals surface area contributed by atoms with Crippen LogP contribution in [0.3, 0.4) is 0 Å². The van der Waals surface area contributed by atoms with Crippen molar-refractivity contribution >= 4 is 38.8 Å². The van der Waals surface area contributed by atoms with Gasteiger partial charge in [-0.15, -0.1) is 11.3 Å². The maximum absolute atomic E-state index is 13.6. The van der Waals surface area contributed by atoms with Gasteiger partial charge in [-0.05, 0) is 86.1 Å². The number of ketones is 1. The molecule has 2 aromatic heterocycles. The number of rotatable bonds is 8. The van der Waals surface area contributed by atoms with Crippen LogP contribution in [0.4, 0.5) is 0 Å². The van der Waals surface area contributed by atoms with E-state index in [0.717, 1.165) is 38.6 Å². The topological polar surface area (TPSA) is 51.7 Å². The Bertz CT molecular complexity index is 1300. The van der Waals surface area contributed by atoms with Crippen LogP contribution in [-0.2, 0) is 0 Å². The number of thiophene rings is 1. The molecule has 1 aliphatic rings. The van der Waals surface area contributed by atoms with Crippen LogP contribution in [0.15, 0.2) is 60.8 Å². The van der Waals surface area contributed by atoms with Gasteiger partial charge in [-0.3, -0.25) is 9.69 Å². The Morgan fingerprint density at radius 3 is 2.53 bits per heavy atom. The summed E-state index contributed by atoms with van der Waals surface area (Å²) in [6.45, 7) is 3.96. The fraction of sp³-hybridized carbons (Fsp3) is 0.259. The number of nitrogens with zero attached hydrogens (tertiary/aromatic N) is 2. The number of pyridine rings is 1. The van der Waals surface area contributed by atoms with Crippen LogP contribution in [-0.4, -0.2) is 49.0 Å². The van der Waals surface area contributed by atoms with Crippen molar-refractivity contribution in [2.45, 2.75) is 12.8 Å². The predicted molar refractivity (Wildman–Crippen MR) is 138 cm³/mol. The van der Waals surface area contributed by atoms with Gasteiger partial charge < -0.3 is 9.47 Å². The number of ether oxygens (including phenoxy) is 2. The molecule has 4 aromatic rings. The van der Waals surface area contributed by atoms with Crippen LogP contribution < -0.4 is 9.47 Å². The van der Waals surface area contributed by atoms with E-state index in [2.05, 4.69) is 9.88 Å². The van der Waals surface area contributed by atoms with Crippen molar-refractivity contribution in [3.63, 3.8) is 0 Å². The first-order chi connectivity index (χ1) is 16.6. The van der Waals surface area contributed by atoms with Crippen molar-refractivity contribution in [1.29, 1.82) is 0 Å². The molecule has 0 unspecified atom stereocenters. The highest BCUT2D eigenvalue weighted by Crippen LogP contribution is 2.41. The third kappa shape index (κ3) is 4.80. The Morgan fingerprint density at radius 2 is 1.82 bits per heavy atom. The predicted octanol–water partition coefficient (Wildman–Crippen LogP) is 6.33. The molecule has 5 rings (SSSR count). The van der Waals surface area contributed by atoms with Crippen molar-refractivity contribution < 1.29 is 14.3 Å². The van der Waals surface area contributed by atoms with Gasteiger partial charge in [-0.1, -0.05) is 11.6 Å². The van der Waals surface area contributed by atoms with Gasteiger partial charge in [-0.25, -0.2) is 4.98 Å². The van der Waals surface area contributed by atoms with E-state index in [1.807, 2.05) is 42.5 Å². The summed E-state index contributed by atoms with van der Waals surface area (Å²) in [5.74, 6) is 1.51. The zero-order valence-electron chi connectivity index (χ0n) is 18.9. The lowest BCUT2D eigenvalue weighted by Crippen LogP contribution is -2.25. The van der Waals surface area contributed by atoms with Gasteiger partial charge in [0.15, 0.2) is 5.78 Å². The molecular formula is C27H25ClN2O3S. The third-order valence-electron chi connectivity index (χ3n) is 6.11. The van der Waals surface area contributed by atoms with Gasteiger partial charge in [0.05, 0.1) is 7.11 Å². The van der Waals surface area contributed by atoms with Crippen LogP contribution in [0, 0.1) is 0 Å². The third-order valence-corrected chi connectivity index (χ3v) is 7.53. The first kappa shape index (κ1) is 22.8. The standard InChI is InChI=1S/C27H25ClN2O3S/c1-32-21-9-10-22-23(16-21)34-27(25(22)26(31)19-6-11-24(28)29-17-19)18-4-7-20(8-5-18)33-15-14-30-12-2-3-13-30/h4-11,16-17H,2-3,12-15H2,1H3. The van der Waals surface area contributed by atoms with E-state index >= 15 is 0 Å². The fourth-order valence-corrected chi connectivity index (χ4v) is 5.63. The van der Waals surface area contributed by atoms with Gasteiger partial charge in [-0.2, -0.15) is 0 Å². The highest BCUT2D eigenvalue weighted by molar-refractivity contribution is 7.22. The maximum Gasteiger partial charge on any atom is 0.196 e. The summed E-state index contributed by atoms with van der Waals surface area (Å²) in [6.07, 6.45) is 4.09. The van der Waals surface area contributed by atoms with Gasteiger partial charge >= 0.3 is 0 Å². The number of carbonyl (C=O) groups excluding carboxylic acids is 1. The first-order valence-corrected chi connectivity index (χ1v) is 12.5. The number of aromatic nitrogens is 1. The lowest BCUT2D eigenvalue weighted by molar-refractivity contribution is 0.104. The van der Waals surface area contributed by atoms with Gasteiger partial charge in [0.1, 0.15) is 23.3 Å². The summed E-state index contributed by atoms with van der Waals surface area (Å²) >= 11 is 7.51. The van der Waals surface area contributed by atoms with Crippen LogP contribution in [0.25, 0.3) is 20.5 Å². The average Bonchev–Trinajstić information content (AvgIpc) is 3.52. The molecule has 0 bridgehead atoms. The molecule has 0 saturated carbocycles. The molecule has 3 heterocycles. The second-order valence-electron chi connectivity index (χ2n) is 8.29. The van der Waals surface area contributed by atoms with Crippen molar-refractivity contribution in [3.8, 4) is 21.9 Å². The Balaban J connectivity index is 1.46. The zero-order valence-corrected chi connectivity index (χ0v) is 20.5. The molecule has 2 aromatic carbocycles. The lowest BCUT2D eigenvalue weighted by Gasteiger charge is -2.15. The Kier molecular flexibility index (Phi) is 6.81. The van der Waals surface area contributed by atoms with Crippen molar-refractivity contribution in [3.05, 3.63) is 77.1 Å². The second-order valence-corrected chi connectivity index (χ2v) is 9.73. The van der Waals surface area contributed by atoms with Crippen molar-refractivity contribution in [2.75, 3.05) is 33.4 Å². The summed E-state index contributed by atoms with van der Waals surface area (Å²) in [6, 6.07) is 17.1. The molecule has 0 amide bonds. The molecule has 1 aliphatic heterocycles.